The van der Waals surface area contributed by atoms with Gasteiger partial charge in [-0.05, 0) is 12.0 Å². The second-order valence-electron chi connectivity index (χ2n) is 5.22. The molecular weight excluding hydrogens is 274 g/mol. The molecule has 0 radical (unpaired) electrons. The zero-order valence-corrected chi connectivity index (χ0v) is 11.9. The molecule has 106 valence electrons. The number of rotatable bonds is 3. The third-order valence-electron chi connectivity index (χ3n) is 3.71. The lowest BCUT2D eigenvalue weighted by atomic mass is 10.1. The molecule has 1 unspecified atom stereocenters. The SMILES string of the molecule is Nc1c(Cc2ccccc2)cnn1C1CCS(=O)(=O)C1. The van der Waals surface area contributed by atoms with Gasteiger partial charge in [-0.25, -0.2) is 13.1 Å². The Kier molecular flexibility index (Phi) is 3.25. The number of benzene rings is 1. The fourth-order valence-electron chi connectivity index (χ4n) is 2.62. The summed E-state index contributed by atoms with van der Waals surface area (Å²) in [6.07, 6.45) is 3.05. The predicted octanol–water partition coefficient (Wildman–Crippen LogP) is 1.42. The summed E-state index contributed by atoms with van der Waals surface area (Å²) >= 11 is 0. The molecule has 0 saturated carbocycles. The monoisotopic (exact) mass is 291 g/mol. The minimum Gasteiger partial charge on any atom is -0.384 e. The maximum Gasteiger partial charge on any atom is 0.152 e. The molecule has 2 aromatic rings. The zero-order chi connectivity index (χ0) is 14.2. The van der Waals surface area contributed by atoms with E-state index in [1.165, 1.54) is 0 Å². The van der Waals surface area contributed by atoms with Gasteiger partial charge in [0.25, 0.3) is 0 Å². The summed E-state index contributed by atoms with van der Waals surface area (Å²) in [5, 5.41) is 4.29. The van der Waals surface area contributed by atoms with Gasteiger partial charge >= 0.3 is 0 Å². The topological polar surface area (TPSA) is 78.0 Å². The van der Waals surface area contributed by atoms with Crippen molar-refractivity contribution in [3.63, 3.8) is 0 Å². The molecule has 3 rings (SSSR count). The highest BCUT2D eigenvalue weighted by molar-refractivity contribution is 7.91. The lowest BCUT2D eigenvalue weighted by molar-refractivity contribution is 0.506. The summed E-state index contributed by atoms with van der Waals surface area (Å²) in [5.41, 5.74) is 8.23. The average molecular weight is 291 g/mol. The highest BCUT2D eigenvalue weighted by Crippen LogP contribution is 2.27. The number of nitrogens with two attached hydrogens (primary N) is 1. The second-order valence-corrected chi connectivity index (χ2v) is 7.45. The highest BCUT2D eigenvalue weighted by Gasteiger charge is 2.31. The Morgan fingerprint density at radius 2 is 2.05 bits per heavy atom. The van der Waals surface area contributed by atoms with E-state index in [9.17, 15) is 8.42 Å². The van der Waals surface area contributed by atoms with Crippen molar-refractivity contribution in [3.05, 3.63) is 47.7 Å². The molecule has 1 aromatic heterocycles. The maximum atomic E-state index is 11.5. The molecule has 0 bridgehead atoms. The molecule has 5 nitrogen and oxygen atoms in total. The van der Waals surface area contributed by atoms with Crippen LogP contribution in [-0.2, 0) is 16.3 Å². The van der Waals surface area contributed by atoms with Crippen LogP contribution in [0.4, 0.5) is 5.82 Å². The van der Waals surface area contributed by atoms with E-state index in [4.69, 9.17) is 5.73 Å². The Morgan fingerprint density at radius 3 is 2.70 bits per heavy atom. The molecule has 1 aromatic carbocycles. The van der Waals surface area contributed by atoms with Crippen molar-refractivity contribution in [3.8, 4) is 0 Å². The molecule has 0 aliphatic carbocycles. The van der Waals surface area contributed by atoms with E-state index in [0.717, 1.165) is 11.1 Å². The number of hydrogen-bond donors (Lipinski definition) is 1. The van der Waals surface area contributed by atoms with Crippen LogP contribution in [0, 0.1) is 0 Å². The van der Waals surface area contributed by atoms with Gasteiger partial charge in [-0.15, -0.1) is 0 Å². The Morgan fingerprint density at radius 1 is 1.30 bits per heavy atom. The van der Waals surface area contributed by atoms with Crippen molar-refractivity contribution in [2.75, 3.05) is 17.2 Å². The van der Waals surface area contributed by atoms with E-state index in [1.807, 2.05) is 30.3 Å². The predicted molar refractivity (Wildman–Crippen MR) is 78.2 cm³/mol. The normalized spacial score (nSPS) is 21.1. The van der Waals surface area contributed by atoms with E-state index in [2.05, 4.69) is 5.10 Å². The van der Waals surface area contributed by atoms with Crippen LogP contribution in [-0.4, -0.2) is 29.7 Å². The number of anilines is 1. The molecule has 1 fully saturated rings. The Balaban J connectivity index is 1.83. The van der Waals surface area contributed by atoms with Gasteiger partial charge in [0, 0.05) is 12.0 Å². The average Bonchev–Trinajstić information content (AvgIpc) is 2.95. The van der Waals surface area contributed by atoms with E-state index in [0.29, 0.717) is 18.7 Å². The standard InChI is InChI=1S/C14H17N3O2S/c15-14-12(8-11-4-2-1-3-5-11)9-16-17(14)13-6-7-20(18,19)10-13/h1-5,9,13H,6-8,10,15H2. The summed E-state index contributed by atoms with van der Waals surface area (Å²) in [6, 6.07) is 9.90. The summed E-state index contributed by atoms with van der Waals surface area (Å²) in [5.74, 6) is 0.949. The van der Waals surface area contributed by atoms with Crippen LogP contribution in [0.15, 0.2) is 36.5 Å². The van der Waals surface area contributed by atoms with Crippen molar-refractivity contribution in [2.24, 2.45) is 0 Å². The first-order valence-corrected chi connectivity index (χ1v) is 8.43. The number of hydrogen-bond acceptors (Lipinski definition) is 4. The van der Waals surface area contributed by atoms with Crippen LogP contribution in [0.25, 0.3) is 0 Å². The molecule has 6 heteroatoms. The van der Waals surface area contributed by atoms with Gasteiger partial charge in [-0.3, -0.25) is 0 Å². The fourth-order valence-corrected chi connectivity index (χ4v) is 4.31. The molecule has 1 aliphatic rings. The molecule has 1 saturated heterocycles. The quantitative estimate of drug-likeness (QED) is 0.927. The minimum atomic E-state index is -2.93. The van der Waals surface area contributed by atoms with E-state index in [1.54, 1.807) is 10.9 Å². The fraction of sp³-hybridized carbons (Fsp3) is 0.357. The minimum absolute atomic E-state index is 0.121. The Hall–Kier alpha value is -1.82. The van der Waals surface area contributed by atoms with Crippen LogP contribution in [0.1, 0.15) is 23.6 Å². The molecule has 2 N–H and O–H groups in total. The summed E-state index contributed by atoms with van der Waals surface area (Å²) in [7, 11) is -2.93. The first kappa shape index (κ1) is 13.2. The molecule has 0 spiro atoms. The molecule has 0 amide bonds. The number of nitrogens with zero attached hydrogens (tertiary/aromatic N) is 2. The smallest absolute Gasteiger partial charge is 0.152 e. The van der Waals surface area contributed by atoms with Crippen LogP contribution in [0.3, 0.4) is 0 Å². The first-order valence-electron chi connectivity index (χ1n) is 6.61. The van der Waals surface area contributed by atoms with Gasteiger partial charge in [0.2, 0.25) is 0 Å². The summed E-state index contributed by atoms with van der Waals surface area (Å²) < 4.78 is 24.8. The lowest BCUT2D eigenvalue weighted by Gasteiger charge is -2.11. The van der Waals surface area contributed by atoms with E-state index in [-0.39, 0.29) is 17.5 Å². The number of sulfone groups is 1. The van der Waals surface area contributed by atoms with Gasteiger partial charge in [-0.1, -0.05) is 30.3 Å². The van der Waals surface area contributed by atoms with Gasteiger partial charge in [0.15, 0.2) is 9.84 Å². The van der Waals surface area contributed by atoms with Crippen molar-refractivity contribution in [2.45, 2.75) is 18.9 Å². The Labute approximate surface area is 118 Å². The summed E-state index contributed by atoms with van der Waals surface area (Å²) in [6.45, 7) is 0. The number of nitrogen functional groups attached to an aromatic ring is 1. The van der Waals surface area contributed by atoms with Crippen molar-refractivity contribution in [1.82, 2.24) is 9.78 Å². The maximum absolute atomic E-state index is 11.5. The number of aromatic nitrogens is 2. The van der Waals surface area contributed by atoms with Crippen LogP contribution in [0.5, 0.6) is 0 Å². The van der Waals surface area contributed by atoms with Crippen LogP contribution < -0.4 is 5.73 Å². The molecule has 1 atom stereocenters. The third kappa shape index (κ3) is 2.56. The van der Waals surface area contributed by atoms with Gasteiger partial charge in [0.05, 0.1) is 23.7 Å². The van der Waals surface area contributed by atoms with E-state index >= 15 is 0 Å². The van der Waals surface area contributed by atoms with Gasteiger partial charge in [-0.2, -0.15) is 5.10 Å². The largest absolute Gasteiger partial charge is 0.384 e. The van der Waals surface area contributed by atoms with Crippen molar-refractivity contribution in [1.29, 1.82) is 0 Å². The molecular formula is C14H17N3O2S. The van der Waals surface area contributed by atoms with Gasteiger partial charge < -0.3 is 5.73 Å². The lowest BCUT2D eigenvalue weighted by Crippen LogP contribution is -2.15. The van der Waals surface area contributed by atoms with Crippen molar-refractivity contribution >= 4 is 15.7 Å². The van der Waals surface area contributed by atoms with Gasteiger partial charge in [0.1, 0.15) is 5.82 Å². The van der Waals surface area contributed by atoms with Crippen molar-refractivity contribution < 1.29 is 8.42 Å². The zero-order valence-electron chi connectivity index (χ0n) is 11.1. The molecule has 20 heavy (non-hydrogen) atoms. The first-order chi connectivity index (χ1) is 9.55. The second kappa shape index (κ2) is 4.94. The third-order valence-corrected chi connectivity index (χ3v) is 5.46. The van der Waals surface area contributed by atoms with Crippen LogP contribution in [0.2, 0.25) is 0 Å². The van der Waals surface area contributed by atoms with Crippen LogP contribution >= 0.6 is 0 Å². The molecule has 2 heterocycles. The molecule has 1 aliphatic heterocycles. The summed E-state index contributed by atoms with van der Waals surface area (Å²) in [4.78, 5) is 0. The Bertz CT molecular complexity index is 707. The van der Waals surface area contributed by atoms with E-state index < -0.39 is 9.84 Å². The highest BCUT2D eigenvalue weighted by atomic mass is 32.2.